The van der Waals surface area contributed by atoms with Crippen LogP contribution in [0.4, 0.5) is 0 Å². The van der Waals surface area contributed by atoms with Gasteiger partial charge in [-0.1, -0.05) is 19.9 Å². The third-order valence-electron chi connectivity index (χ3n) is 3.61. The van der Waals surface area contributed by atoms with Gasteiger partial charge < -0.3 is 10.2 Å². The monoisotopic (exact) mass is 263 g/mol. The van der Waals surface area contributed by atoms with Crippen molar-refractivity contribution in [3.05, 3.63) is 30.1 Å². The Labute approximate surface area is 118 Å². The van der Waals surface area contributed by atoms with Crippen molar-refractivity contribution in [3.63, 3.8) is 0 Å². The Balaban J connectivity index is 2.06. The first-order valence-electron chi connectivity index (χ1n) is 7.61. The molecule has 0 saturated carbocycles. The van der Waals surface area contributed by atoms with E-state index < -0.39 is 0 Å². The van der Waals surface area contributed by atoms with Crippen molar-refractivity contribution in [1.29, 1.82) is 0 Å². The minimum absolute atomic E-state index is 0.597. The Kier molecular flexibility index (Phi) is 8.43. The Hall–Kier alpha value is -0.930. The molecule has 1 rings (SSSR count). The number of hydrogen-bond donors (Lipinski definition) is 1. The van der Waals surface area contributed by atoms with Gasteiger partial charge in [-0.25, -0.2) is 0 Å². The molecule has 108 valence electrons. The summed E-state index contributed by atoms with van der Waals surface area (Å²) in [7, 11) is 0. The quantitative estimate of drug-likeness (QED) is 0.703. The van der Waals surface area contributed by atoms with Gasteiger partial charge >= 0.3 is 0 Å². The molecule has 0 bridgehead atoms. The van der Waals surface area contributed by atoms with Crippen molar-refractivity contribution in [2.24, 2.45) is 0 Å². The molecule has 1 heterocycles. The normalized spacial score (nSPS) is 12.8. The van der Waals surface area contributed by atoms with Crippen molar-refractivity contribution in [2.45, 2.75) is 46.1 Å². The lowest BCUT2D eigenvalue weighted by Gasteiger charge is -2.19. The van der Waals surface area contributed by atoms with E-state index in [9.17, 15) is 0 Å². The van der Waals surface area contributed by atoms with Crippen molar-refractivity contribution in [2.75, 3.05) is 26.2 Å². The van der Waals surface area contributed by atoms with E-state index in [0.717, 1.165) is 26.1 Å². The highest BCUT2D eigenvalue weighted by molar-refractivity contribution is 5.03. The van der Waals surface area contributed by atoms with E-state index in [1.54, 1.807) is 0 Å². The number of hydrogen-bond acceptors (Lipinski definition) is 3. The molecule has 19 heavy (non-hydrogen) atoms. The number of nitrogens with one attached hydrogen (secondary N) is 1. The Morgan fingerprint density at radius 2 is 2.05 bits per heavy atom. The summed E-state index contributed by atoms with van der Waals surface area (Å²) >= 11 is 0. The Morgan fingerprint density at radius 1 is 1.26 bits per heavy atom. The minimum Gasteiger partial charge on any atom is -0.314 e. The highest BCUT2D eigenvalue weighted by Gasteiger charge is 2.03. The van der Waals surface area contributed by atoms with Crippen molar-refractivity contribution in [1.82, 2.24) is 15.2 Å². The van der Waals surface area contributed by atoms with Crippen molar-refractivity contribution >= 4 is 0 Å². The van der Waals surface area contributed by atoms with Crippen LogP contribution >= 0.6 is 0 Å². The first kappa shape index (κ1) is 16.1. The lowest BCUT2D eigenvalue weighted by molar-refractivity contribution is 0.290. The Bertz CT molecular complexity index is 309. The lowest BCUT2D eigenvalue weighted by Crippen LogP contribution is -2.30. The molecule has 0 spiro atoms. The van der Waals surface area contributed by atoms with Crippen molar-refractivity contribution in [3.8, 4) is 0 Å². The van der Waals surface area contributed by atoms with Crippen LogP contribution in [-0.2, 0) is 6.42 Å². The smallest absolute Gasteiger partial charge is 0.0416 e. The zero-order valence-corrected chi connectivity index (χ0v) is 12.7. The van der Waals surface area contributed by atoms with Gasteiger partial charge in [0.05, 0.1) is 0 Å². The van der Waals surface area contributed by atoms with Crippen LogP contribution in [-0.4, -0.2) is 42.1 Å². The number of aromatic nitrogens is 1. The second-order valence-corrected chi connectivity index (χ2v) is 5.10. The fourth-order valence-electron chi connectivity index (χ4n) is 2.26. The molecule has 0 saturated heterocycles. The standard InChI is InChI=1S/C16H29N3/c1-4-19(5-2)14-8-9-15(3)17-13-11-16-10-6-7-12-18-16/h6-7,10,12,15,17H,4-5,8-9,11,13-14H2,1-3H3. The minimum atomic E-state index is 0.597. The van der Waals surface area contributed by atoms with Crippen LogP contribution in [0.3, 0.4) is 0 Å². The second-order valence-electron chi connectivity index (χ2n) is 5.10. The zero-order valence-electron chi connectivity index (χ0n) is 12.7. The molecule has 1 aromatic heterocycles. The van der Waals surface area contributed by atoms with Crippen LogP contribution in [0.1, 0.15) is 39.3 Å². The molecular formula is C16H29N3. The van der Waals surface area contributed by atoms with Crippen LogP contribution in [0.25, 0.3) is 0 Å². The first-order valence-corrected chi connectivity index (χ1v) is 7.61. The summed E-state index contributed by atoms with van der Waals surface area (Å²) in [4.78, 5) is 6.82. The number of rotatable bonds is 10. The van der Waals surface area contributed by atoms with E-state index in [1.807, 2.05) is 12.3 Å². The van der Waals surface area contributed by atoms with Gasteiger partial charge in [0, 0.05) is 30.9 Å². The molecule has 0 fully saturated rings. The molecule has 3 heteroatoms. The fourth-order valence-corrected chi connectivity index (χ4v) is 2.26. The summed E-state index contributed by atoms with van der Waals surface area (Å²) in [6.07, 6.45) is 5.40. The first-order chi connectivity index (χ1) is 9.26. The highest BCUT2D eigenvalue weighted by Crippen LogP contribution is 2.00. The topological polar surface area (TPSA) is 28.2 Å². The maximum atomic E-state index is 4.34. The summed E-state index contributed by atoms with van der Waals surface area (Å²) in [6, 6.07) is 6.70. The van der Waals surface area contributed by atoms with Gasteiger partial charge in [-0.2, -0.15) is 0 Å². The third-order valence-corrected chi connectivity index (χ3v) is 3.61. The highest BCUT2D eigenvalue weighted by atomic mass is 15.1. The maximum absolute atomic E-state index is 4.34. The summed E-state index contributed by atoms with van der Waals surface area (Å²) in [5.41, 5.74) is 1.17. The van der Waals surface area contributed by atoms with Gasteiger partial charge in [0.15, 0.2) is 0 Å². The van der Waals surface area contributed by atoms with Crippen LogP contribution < -0.4 is 5.32 Å². The Morgan fingerprint density at radius 3 is 2.68 bits per heavy atom. The second kappa shape index (κ2) is 9.93. The molecule has 0 aliphatic carbocycles. The van der Waals surface area contributed by atoms with E-state index in [1.165, 1.54) is 25.1 Å². The maximum Gasteiger partial charge on any atom is 0.0416 e. The summed E-state index contributed by atoms with van der Waals surface area (Å²) in [5.74, 6) is 0. The van der Waals surface area contributed by atoms with Gasteiger partial charge in [-0.05, 0) is 51.5 Å². The fraction of sp³-hybridized carbons (Fsp3) is 0.688. The van der Waals surface area contributed by atoms with E-state index in [2.05, 4.69) is 48.1 Å². The van der Waals surface area contributed by atoms with Gasteiger partial charge in [0.1, 0.15) is 0 Å². The molecule has 0 aliphatic heterocycles. The van der Waals surface area contributed by atoms with Crippen LogP contribution in [0.15, 0.2) is 24.4 Å². The molecular weight excluding hydrogens is 234 g/mol. The molecule has 1 atom stereocenters. The molecule has 0 aromatic carbocycles. The molecule has 0 aliphatic rings. The van der Waals surface area contributed by atoms with E-state index in [-0.39, 0.29) is 0 Å². The molecule has 0 amide bonds. The van der Waals surface area contributed by atoms with E-state index in [0.29, 0.717) is 6.04 Å². The SMILES string of the molecule is CCN(CC)CCCC(C)NCCc1ccccn1. The average Bonchev–Trinajstić information content (AvgIpc) is 2.45. The van der Waals surface area contributed by atoms with E-state index in [4.69, 9.17) is 0 Å². The van der Waals surface area contributed by atoms with Crippen LogP contribution in [0, 0.1) is 0 Å². The van der Waals surface area contributed by atoms with Gasteiger partial charge in [0.25, 0.3) is 0 Å². The molecule has 1 N–H and O–H groups in total. The van der Waals surface area contributed by atoms with Crippen molar-refractivity contribution < 1.29 is 0 Å². The summed E-state index contributed by atoms with van der Waals surface area (Å²) in [5, 5.41) is 3.58. The molecule has 3 nitrogen and oxygen atoms in total. The molecule has 0 radical (unpaired) electrons. The summed E-state index contributed by atoms with van der Waals surface area (Å²) < 4.78 is 0. The van der Waals surface area contributed by atoms with Crippen LogP contribution in [0.2, 0.25) is 0 Å². The lowest BCUT2D eigenvalue weighted by atomic mass is 10.1. The summed E-state index contributed by atoms with van der Waals surface area (Å²) in [6.45, 7) is 11.3. The predicted octanol–water partition coefficient (Wildman–Crippen LogP) is 2.72. The zero-order chi connectivity index (χ0) is 13.9. The molecule has 1 unspecified atom stereocenters. The van der Waals surface area contributed by atoms with Gasteiger partial charge in [-0.15, -0.1) is 0 Å². The number of pyridine rings is 1. The number of nitrogens with zero attached hydrogens (tertiary/aromatic N) is 2. The van der Waals surface area contributed by atoms with E-state index >= 15 is 0 Å². The predicted molar refractivity (Wildman–Crippen MR) is 82.4 cm³/mol. The van der Waals surface area contributed by atoms with Crippen LogP contribution in [0.5, 0.6) is 0 Å². The largest absolute Gasteiger partial charge is 0.314 e. The van der Waals surface area contributed by atoms with Gasteiger partial charge in [-0.3, -0.25) is 4.98 Å². The molecule has 1 aromatic rings. The third kappa shape index (κ3) is 7.28. The van der Waals surface area contributed by atoms with Gasteiger partial charge in [0.2, 0.25) is 0 Å². The average molecular weight is 263 g/mol.